The minimum atomic E-state index is -0.0752. The van der Waals surface area contributed by atoms with Crippen LogP contribution in [-0.4, -0.2) is 58.3 Å². The molecule has 1 saturated heterocycles. The van der Waals surface area contributed by atoms with Gasteiger partial charge in [-0.2, -0.15) is 0 Å². The molecule has 1 aromatic carbocycles. The molecule has 144 valence electrons. The zero-order chi connectivity index (χ0) is 18.7. The Bertz CT molecular complexity index is 624. The summed E-state index contributed by atoms with van der Waals surface area (Å²) >= 11 is 0. The highest BCUT2D eigenvalue weighted by Gasteiger charge is 2.37. The van der Waals surface area contributed by atoms with Crippen LogP contribution in [0.4, 0.5) is 0 Å². The van der Waals surface area contributed by atoms with Crippen LogP contribution in [0.5, 0.6) is 17.2 Å². The first kappa shape index (κ1) is 18.8. The van der Waals surface area contributed by atoms with Crippen LogP contribution in [0.2, 0.25) is 0 Å². The lowest BCUT2D eigenvalue weighted by Gasteiger charge is -2.44. The van der Waals surface area contributed by atoms with Gasteiger partial charge >= 0.3 is 0 Å². The van der Waals surface area contributed by atoms with Crippen molar-refractivity contribution in [2.75, 3.05) is 41.5 Å². The minimum absolute atomic E-state index is 0.0752. The summed E-state index contributed by atoms with van der Waals surface area (Å²) in [5.74, 6) is 2.68. The minimum Gasteiger partial charge on any atom is -0.493 e. The second kappa shape index (κ2) is 8.16. The van der Waals surface area contributed by atoms with Crippen LogP contribution < -0.4 is 19.5 Å². The molecule has 0 unspecified atom stereocenters. The van der Waals surface area contributed by atoms with Gasteiger partial charge in [-0.3, -0.25) is 4.79 Å². The molecule has 1 heterocycles. The van der Waals surface area contributed by atoms with E-state index in [2.05, 4.69) is 17.3 Å². The van der Waals surface area contributed by atoms with Crippen LogP contribution in [-0.2, 0) is 0 Å². The summed E-state index contributed by atoms with van der Waals surface area (Å²) in [5, 5.41) is 3.28. The molecule has 2 aliphatic rings. The Hall–Kier alpha value is -1.95. The van der Waals surface area contributed by atoms with Crippen LogP contribution in [0.25, 0.3) is 0 Å². The SMILES string of the molecule is COc1cc(C(=O)N[C@@H]2CCC[C@H]3CN(C)CC[C@H]32)cc(OC)c1OC. The number of hydrogen-bond acceptors (Lipinski definition) is 5. The molecule has 2 fully saturated rings. The van der Waals surface area contributed by atoms with Gasteiger partial charge in [-0.15, -0.1) is 0 Å². The number of benzene rings is 1. The molecular formula is C20H30N2O4. The molecule has 3 atom stereocenters. The van der Waals surface area contributed by atoms with Gasteiger partial charge in [0.15, 0.2) is 11.5 Å². The van der Waals surface area contributed by atoms with E-state index in [0.717, 1.165) is 25.9 Å². The molecule has 0 radical (unpaired) electrons. The Kier molecular flexibility index (Phi) is 5.91. The number of hydrogen-bond donors (Lipinski definition) is 1. The summed E-state index contributed by atoms with van der Waals surface area (Å²) in [4.78, 5) is 15.3. The van der Waals surface area contributed by atoms with Gasteiger partial charge in [0.1, 0.15) is 0 Å². The molecule has 26 heavy (non-hydrogen) atoms. The predicted octanol–water partition coefficient (Wildman–Crippen LogP) is 2.56. The van der Waals surface area contributed by atoms with Crippen LogP contribution in [0.1, 0.15) is 36.0 Å². The van der Waals surface area contributed by atoms with E-state index in [1.54, 1.807) is 33.5 Å². The summed E-state index contributed by atoms with van der Waals surface area (Å²) in [6, 6.07) is 3.67. The molecule has 1 aliphatic carbocycles. The average Bonchev–Trinajstić information content (AvgIpc) is 2.66. The van der Waals surface area contributed by atoms with Gasteiger partial charge in [0, 0.05) is 18.2 Å². The number of piperidine rings is 1. The van der Waals surface area contributed by atoms with Gasteiger partial charge < -0.3 is 24.4 Å². The Morgan fingerprint density at radius 2 is 1.77 bits per heavy atom. The van der Waals surface area contributed by atoms with Crippen molar-refractivity contribution in [3.63, 3.8) is 0 Å². The van der Waals surface area contributed by atoms with Gasteiger partial charge in [-0.1, -0.05) is 6.42 Å². The number of carbonyl (C=O) groups is 1. The van der Waals surface area contributed by atoms with Crippen LogP contribution in [0.15, 0.2) is 12.1 Å². The molecule has 0 aromatic heterocycles. The maximum Gasteiger partial charge on any atom is 0.251 e. The molecule has 0 bridgehead atoms. The lowest BCUT2D eigenvalue weighted by molar-refractivity contribution is 0.0661. The van der Waals surface area contributed by atoms with E-state index in [9.17, 15) is 4.79 Å². The molecular weight excluding hydrogens is 332 g/mol. The third-order valence-corrected chi connectivity index (χ3v) is 5.85. The van der Waals surface area contributed by atoms with E-state index in [0.29, 0.717) is 34.6 Å². The highest BCUT2D eigenvalue weighted by atomic mass is 16.5. The number of rotatable bonds is 5. The van der Waals surface area contributed by atoms with E-state index in [-0.39, 0.29) is 11.9 Å². The van der Waals surface area contributed by atoms with Crippen molar-refractivity contribution in [3.05, 3.63) is 17.7 Å². The fraction of sp³-hybridized carbons (Fsp3) is 0.650. The number of ether oxygens (including phenoxy) is 3. The van der Waals surface area contributed by atoms with Crippen molar-refractivity contribution in [1.29, 1.82) is 0 Å². The fourth-order valence-corrected chi connectivity index (χ4v) is 4.52. The first-order chi connectivity index (χ1) is 12.6. The van der Waals surface area contributed by atoms with Gasteiger partial charge in [-0.25, -0.2) is 0 Å². The van der Waals surface area contributed by atoms with Crippen LogP contribution >= 0.6 is 0 Å². The Balaban J connectivity index is 1.77. The maximum absolute atomic E-state index is 12.9. The number of fused-ring (bicyclic) bond motifs is 1. The van der Waals surface area contributed by atoms with Crippen molar-refractivity contribution in [1.82, 2.24) is 10.2 Å². The van der Waals surface area contributed by atoms with Crippen molar-refractivity contribution in [2.24, 2.45) is 11.8 Å². The average molecular weight is 362 g/mol. The van der Waals surface area contributed by atoms with E-state index >= 15 is 0 Å². The lowest BCUT2D eigenvalue weighted by atomic mass is 9.72. The highest BCUT2D eigenvalue weighted by Crippen LogP contribution is 2.39. The largest absolute Gasteiger partial charge is 0.493 e. The zero-order valence-corrected chi connectivity index (χ0v) is 16.2. The van der Waals surface area contributed by atoms with Crippen molar-refractivity contribution in [2.45, 2.75) is 31.7 Å². The first-order valence-electron chi connectivity index (χ1n) is 9.36. The number of carbonyl (C=O) groups excluding carboxylic acids is 1. The molecule has 1 aromatic rings. The smallest absolute Gasteiger partial charge is 0.251 e. The van der Waals surface area contributed by atoms with E-state index < -0.39 is 0 Å². The van der Waals surface area contributed by atoms with Crippen molar-refractivity contribution >= 4 is 5.91 Å². The lowest BCUT2D eigenvalue weighted by Crippen LogP contribution is -2.51. The summed E-state index contributed by atoms with van der Waals surface area (Å²) in [7, 11) is 6.86. The summed E-state index contributed by atoms with van der Waals surface area (Å²) in [6.45, 7) is 2.25. The van der Waals surface area contributed by atoms with E-state index in [4.69, 9.17) is 14.2 Å². The zero-order valence-electron chi connectivity index (χ0n) is 16.2. The van der Waals surface area contributed by atoms with E-state index in [1.165, 1.54) is 12.8 Å². The molecule has 1 amide bonds. The molecule has 6 nitrogen and oxygen atoms in total. The second-order valence-corrected chi connectivity index (χ2v) is 7.40. The number of nitrogens with zero attached hydrogens (tertiary/aromatic N) is 1. The Morgan fingerprint density at radius 1 is 1.08 bits per heavy atom. The summed E-state index contributed by atoms with van der Waals surface area (Å²) in [6.07, 6.45) is 4.66. The van der Waals surface area contributed by atoms with Gasteiger partial charge in [0.05, 0.1) is 21.3 Å². The number of nitrogens with one attached hydrogen (secondary N) is 1. The topological polar surface area (TPSA) is 60.0 Å². The molecule has 1 N–H and O–H groups in total. The van der Waals surface area contributed by atoms with Crippen molar-refractivity contribution < 1.29 is 19.0 Å². The van der Waals surface area contributed by atoms with Gasteiger partial charge in [0.25, 0.3) is 5.91 Å². The Labute approximate surface area is 155 Å². The molecule has 0 spiro atoms. The van der Waals surface area contributed by atoms with Crippen molar-refractivity contribution in [3.8, 4) is 17.2 Å². The summed E-state index contributed by atoms with van der Waals surface area (Å²) in [5.41, 5.74) is 0.537. The molecule has 1 aliphatic heterocycles. The van der Waals surface area contributed by atoms with Crippen LogP contribution in [0, 0.1) is 11.8 Å². The molecule has 1 saturated carbocycles. The standard InChI is InChI=1S/C20H30N2O4/c1-22-9-8-15-13(12-22)6-5-7-16(15)21-20(23)14-10-17(24-2)19(26-4)18(11-14)25-3/h10-11,13,15-16H,5-9,12H2,1-4H3,(H,21,23)/t13-,15+,16+/m0/s1. The number of amides is 1. The predicted molar refractivity (Wildman–Crippen MR) is 100 cm³/mol. The van der Waals surface area contributed by atoms with Gasteiger partial charge in [-0.05, 0) is 56.8 Å². The molecule has 3 rings (SSSR count). The fourth-order valence-electron chi connectivity index (χ4n) is 4.52. The number of likely N-dealkylation sites (tertiary alicyclic amines) is 1. The first-order valence-corrected chi connectivity index (χ1v) is 9.36. The third-order valence-electron chi connectivity index (χ3n) is 5.85. The van der Waals surface area contributed by atoms with Crippen LogP contribution in [0.3, 0.4) is 0 Å². The van der Waals surface area contributed by atoms with Gasteiger partial charge in [0.2, 0.25) is 5.75 Å². The number of methoxy groups -OCH3 is 3. The molecule has 6 heteroatoms. The maximum atomic E-state index is 12.9. The summed E-state index contributed by atoms with van der Waals surface area (Å²) < 4.78 is 16.1. The third kappa shape index (κ3) is 3.75. The van der Waals surface area contributed by atoms with E-state index in [1.807, 2.05) is 0 Å². The normalized spacial score (nSPS) is 25.9. The highest BCUT2D eigenvalue weighted by molar-refractivity contribution is 5.95. The second-order valence-electron chi connectivity index (χ2n) is 7.40. The Morgan fingerprint density at radius 3 is 2.38 bits per heavy atom. The quantitative estimate of drug-likeness (QED) is 0.872. The monoisotopic (exact) mass is 362 g/mol.